The molecule has 166 valence electrons. The lowest BCUT2D eigenvalue weighted by Gasteiger charge is -2.36. The van der Waals surface area contributed by atoms with E-state index < -0.39 is 17.3 Å². The smallest absolute Gasteiger partial charge is 0.153 e. The van der Waals surface area contributed by atoms with Gasteiger partial charge in [0.1, 0.15) is 5.69 Å². The van der Waals surface area contributed by atoms with Crippen LogP contribution in [0, 0.1) is 41.2 Å². The van der Waals surface area contributed by atoms with Crippen LogP contribution in [0.15, 0.2) is 28.3 Å². The topological polar surface area (TPSA) is 12.4 Å². The highest BCUT2D eigenvalue weighted by Gasteiger charge is 2.29. The van der Waals surface area contributed by atoms with Gasteiger partial charge in [0.25, 0.3) is 0 Å². The first kappa shape index (κ1) is 23.8. The van der Waals surface area contributed by atoms with Gasteiger partial charge in [-0.25, -0.2) is 8.78 Å². The van der Waals surface area contributed by atoms with Crippen molar-refractivity contribution < 1.29 is 8.78 Å². The van der Waals surface area contributed by atoms with Crippen molar-refractivity contribution in [3.8, 4) is 11.8 Å². The molecule has 0 radical (unpaired) electrons. The molecule has 1 saturated carbocycles. The van der Waals surface area contributed by atoms with Crippen molar-refractivity contribution in [2.45, 2.75) is 84.5 Å². The lowest BCUT2D eigenvalue weighted by Crippen LogP contribution is -2.24. The number of rotatable bonds is 6. The number of hydrogen-bond acceptors (Lipinski definition) is 2. The summed E-state index contributed by atoms with van der Waals surface area (Å²) < 4.78 is 28.0. The van der Waals surface area contributed by atoms with Gasteiger partial charge >= 0.3 is 0 Å². The Morgan fingerprint density at radius 1 is 1.00 bits per heavy atom. The average Bonchev–Trinajstić information content (AvgIpc) is 2.76. The Balaban J connectivity index is 1.58. The zero-order chi connectivity index (χ0) is 22.2. The number of allylic oxidation sites excluding steroid dienone is 2. The fourth-order valence-corrected chi connectivity index (χ4v) is 5.39. The number of benzene rings is 1. The van der Waals surface area contributed by atoms with E-state index in [0.717, 1.165) is 36.2 Å². The van der Waals surface area contributed by atoms with E-state index in [0.29, 0.717) is 5.56 Å². The normalized spacial score (nSPS) is 23.7. The second kappa shape index (κ2) is 11.7. The van der Waals surface area contributed by atoms with Gasteiger partial charge < -0.3 is 0 Å². The van der Waals surface area contributed by atoms with Crippen molar-refractivity contribution in [3.05, 3.63) is 40.5 Å². The Morgan fingerprint density at radius 3 is 2.32 bits per heavy atom. The molecule has 2 aliphatic rings. The molecule has 0 aliphatic heterocycles. The van der Waals surface area contributed by atoms with Crippen molar-refractivity contribution >= 4 is 23.1 Å². The predicted molar refractivity (Wildman–Crippen MR) is 128 cm³/mol. The minimum absolute atomic E-state index is 0.321. The third-order valence-corrected chi connectivity index (χ3v) is 7.25. The first-order valence-corrected chi connectivity index (χ1v) is 12.2. The second-order valence-electron chi connectivity index (χ2n) is 9.28. The fraction of sp³-hybridized carbons (Fsp3) is 0.593. The number of hydrogen-bond donors (Lipinski definition) is 0. The Hall–Kier alpha value is -1.82. The van der Waals surface area contributed by atoms with Gasteiger partial charge in [0.05, 0.1) is 5.16 Å². The first-order valence-electron chi connectivity index (χ1n) is 11.8. The molecule has 3 rings (SSSR count). The van der Waals surface area contributed by atoms with Crippen LogP contribution in [0.2, 0.25) is 0 Å². The minimum atomic E-state index is -0.763. The summed E-state index contributed by atoms with van der Waals surface area (Å²) in [7, 11) is 0. The summed E-state index contributed by atoms with van der Waals surface area (Å²) in [5.41, 5.74) is 2.39. The van der Waals surface area contributed by atoms with E-state index in [4.69, 9.17) is 0 Å². The van der Waals surface area contributed by atoms with Crippen LogP contribution in [0.5, 0.6) is 0 Å². The molecule has 1 unspecified atom stereocenters. The molecular weight excluding hydrogens is 408 g/mol. The van der Waals surface area contributed by atoms with Gasteiger partial charge in [0.2, 0.25) is 0 Å². The lowest BCUT2D eigenvalue weighted by atomic mass is 9.69. The predicted octanol–water partition coefficient (Wildman–Crippen LogP) is 8.55. The summed E-state index contributed by atoms with van der Waals surface area (Å²) in [5, 5.41) is 2.00. The van der Waals surface area contributed by atoms with Gasteiger partial charge in [-0.2, -0.15) is 4.99 Å². The third kappa shape index (κ3) is 6.58. The molecule has 1 atom stereocenters. The van der Waals surface area contributed by atoms with E-state index >= 15 is 0 Å². The monoisotopic (exact) mass is 441 g/mol. The molecule has 1 aromatic rings. The number of halogens is 2. The molecule has 0 spiro atoms. The van der Waals surface area contributed by atoms with Gasteiger partial charge in [-0.1, -0.05) is 62.9 Å². The molecule has 0 saturated heterocycles. The molecule has 0 bridgehead atoms. The maximum absolute atomic E-state index is 14.0. The highest BCUT2D eigenvalue weighted by atomic mass is 32.1. The largest absolute Gasteiger partial charge is 0.204 e. The van der Waals surface area contributed by atoms with Crippen LogP contribution < -0.4 is 0 Å². The van der Waals surface area contributed by atoms with Crippen LogP contribution in [-0.4, -0.2) is 5.16 Å². The van der Waals surface area contributed by atoms with Crippen LogP contribution in [0.25, 0.3) is 0 Å². The van der Waals surface area contributed by atoms with Gasteiger partial charge in [0, 0.05) is 11.1 Å². The number of thiocarbonyl (C=S) groups is 1. The standard InChI is InChI=1S/C27H33F2NS/c1-3-4-5-6-20-7-11-23(12-8-20)24-14-13-22(19(2)15-24)10-9-21-16-25(28)27(30-18-31)26(29)17-21/h16-17,20,23-24H,3-8,11-15H2,1-2H3. The Morgan fingerprint density at radius 2 is 1.71 bits per heavy atom. The van der Waals surface area contributed by atoms with Crippen LogP contribution in [0.1, 0.15) is 90.0 Å². The number of aliphatic imine (C=N–C) groups is 1. The van der Waals surface area contributed by atoms with Gasteiger partial charge in [0.15, 0.2) is 11.6 Å². The first-order chi connectivity index (χ1) is 15.0. The summed E-state index contributed by atoms with van der Waals surface area (Å²) in [6.07, 6.45) is 14.3. The maximum atomic E-state index is 14.0. The van der Waals surface area contributed by atoms with E-state index in [1.165, 1.54) is 75.5 Å². The van der Waals surface area contributed by atoms with Crippen molar-refractivity contribution in [2.75, 3.05) is 0 Å². The molecule has 2 aliphatic carbocycles. The number of isothiocyanates is 1. The zero-order valence-corrected chi connectivity index (χ0v) is 19.6. The summed E-state index contributed by atoms with van der Waals surface area (Å²) in [5.74, 6) is 7.17. The maximum Gasteiger partial charge on any atom is 0.153 e. The van der Waals surface area contributed by atoms with E-state index in [2.05, 4.69) is 42.9 Å². The van der Waals surface area contributed by atoms with Crippen molar-refractivity contribution in [3.63, 3.8) is 0 Å². The highest BCUT2D eigenvalue weighted by Crippen LogP contribution is 2.42. The molecule has 0 heterocycles. The zero-order valence-electron chi connectivity index (χ0n) is 18.8. The summed E-state index contributed by atoms with van der Waals surface area (Å²) in [6, 6.07) is 2.42. The molecule has 1 nitrogen and oxygen atoms in total. The molecular formula is C27H33F2NS. The molecule has 0 N–H and O–H groups in total. The van der Waals surface area contributed by atoms with Gasteiger partial charge in [-0.05, 0) is 81.1 Å². The average molecular weight is 442 g/mol. The molecule has 1 fully saturated rings. The Labute approximate surface area is 191 Å². The SMILES string of the molecule is CCCCCC1CCC(C2CCC(C#Cc3cc(F)c(N=C=S)c(F)c3)=C(C)C2)CC1. The quantitative estimate of drug-likeness (QED) is 0.186. The summed E-state index contributed by atoms with van der Waals surface area (Å²) in [4.78, 5) is 3.44. The Kier molecular flexibility index (Phi) is 9.00. The fourth-order valence-electron chi connectivity index (χ4n) is 5.30. The third-order valence-electron chi connectivity index (χ3n) is 7.15. The number of nitrogens with zero attached hydrogens (tertiary/aromatic N) is 1. The van der Waals surface area contributed by atoms with Crippen molar-refractivity contribution in [1.29, 1.82) is 0 Å². The summed E-state index contributed by atoms with van der Waals surface area (Å²) >= 11 is 4.44. The molecule has 0 aromatic heterocycles. The van der Waals surface area contributed by atoms with Gasteiger partial charge in [-0.15, -0.1) is 0 Å². The van der Waals surface area contributed by atoms with Crippen LogP contribution in [0.3, 0.4) is 0 Å². The van der Waals surface area contributed by atoms with Crippen molar-refractivity contribution in [1.82, 2.24) is 0 Å². The van der Waals surface area contributed by atoms with Gasteiger partial charge in [-0.3, -0.25) is 0 Å². The van der Waals surface area contributed by atoms with Crippen molar-refractivity contribution in [2.24, 2.45) is 22.7 Å². The number of unbranched alkanes of at least 4 members (excludes halogenated alkanes) is 2. The van der Waals surface area contributed by atoms with Crippen LogP contribution >= 0.6 is 12.2 Å². The second-order valence-corrected chi connectivity index (χ2v) is 9.46. The molecule has 0 amide bonds. The lowest BCUT2D eigenvalue weighted by molar-refractivity contribution is 0.183. The Bertz CT molecular complexity index is 886. The van der Waals surface area contributed by atoms with E-state index in [1.54, 1.807) is 0 Å². The minimum Gasteiger partial charge on any atom is -0.204 e. The molecule has 1 aromatic carbocycles. The van der Waals surface area contributed by atoms with E-state index in [1.807, 2.05) is 5.16 Å². The van der Waals surface area contributed by atoms with Crippen LogP contribution in [-0.2, 0) is 0 Å². The highest BCUT2D eigenvalue weighted by molar-refractivity contribution is 7.78. The van der Waals surface area contributed by atoms with Crippen LogP contribution in [0.4, 0.5) is 14.5 Å². The molecule has 31 heavy (non-hydrogen) atoms. The summed E-state index contributed by atoms with van der Waals surface area (Å²) in [6.45, 7) is 4.45. The molecule has 4 heteroatoms. The van der Waals surface area contributed by atoms with E-state index in [-0.39, 0.29) is 0 Å². The van der Waals surface area contributed by atoms with E-state index in [9.17, 15) is 8.78 Å².